The maximum absolute atomic E-state index is 13.2. The van der Waals surface area contributed by atoms with Crippen LogP contribution in [0.25, 0.3) is 0 Å². The number of hydrogen-bond donors (Lipinski definition) is 1. The van der Waals surface area contributed by atoms with Crippen LogP contribution in [0.5, 0.6) is 0 Å². The van der Waals surface area contributed by atoms with Gasteiger partial charge in [-0.2, -0.15) is 8.42 Å². The first kappa shape index (κ1) is 23.7. The van der Waals surface area contributed by atoms with E-state index in [1.807, 2.05) is 19.1 Å². The number of anilines is 2. The summed E-state index contributed by atoms with van der Waals surface area (Å²) >= 11 is 0.902. The summed E-state index contributed by atoms with van der Waals surface area (Å²) in [4.78, 5) is 26.9. The van der Waals surface area contributed by atoms with Crippen molar-refractivity contribution in [3.63, 3.8) is 0 Å². The van der Waals surface area contributed by atoms with Gasteiger partial charge in [-0.15, -0.1) is 4.40 Å². The third-order valence-electron chi connectivity index (χ3n) is 5.05. The van der Waals surface area contributed by atoms with Gasteiger partial charge in [0.05, 0.1) is 10.6 Å². The molecular formula is C24H20FN3O4S2. The van der Waals surface area contributed by atoms with E-state index >= 15 is 0 Å². The average molecular weight is 498 g/mol. The number of benzene rings is 3. The average Bonchev–Trinajstić information content (AvgIpc) is 3.10. The number of thioether (sulfide) groups is 1. The summed E-state index contributed by atoms with van der Waals surface area (Å²) in [6, 6.07) is 20.0. The van der Waals surface area contributed by atoms with Crippen LogP contribution < -0.4 is 10.2 Å². The molecule has 1 aliphatic heterocycles. The second kappa shape index (κ2) is 9.78. The molecule has 3 aromatic carbocycles. The summed E-state index contributed by atoms with van der Waals surface area (Å²) in [5.74, 6) is -1.41. The van der Waals surface area contributed by atoms with E-state index in [2.05, 4.69) is 9.71 Å². The summed E-state index contributed by atoms with van der Waals surface area (Å²) in [5, 5.41) is 1.85. The van der Waals surface area contributed by atoms with Crippen molar-refractivity contribution in [2.75, 3.05) is 10.2 Å². The molecule has 0 radical (unpaired) electrons. The lowest BCUT2D eigenvalue weighted by Crippen LogP contribution is -2.33. The van der Waals surface area contributed by atoms with E-state index in [-0.39, 0.29) is 22.4 Å². The summed E-state index contributed by atoms with van der Waals surface area (Å²) in [6.07, 6.45) is -0.170. The van der Waals surface area contributed by atoms with Crippen LogP contribution in [0.4, 0.5) is 15.8 Å². The molecule has 4 rings (SSSR count). The molecule has 174 valence electrons. The number of nitrogens with one attached hydrogen (secondary N) is 1. The minimum absolute atomic E-state index is 0.0748. The molecule has 3 aromatic rings. The number of amidine groups is 1. The number of halogens is 1. The Labute approximate surface area is 200 Å². The smallest absolute Gasteiger partial charge is 0.284 e. The van der Waals surface area contributed by atoms with Crippen molar-refractivity contribution in [3.8, 4) is 0 Å². The van der Waals surface area contributed by atoms with Gasteiger partial charge >= 0.3 is 0 Å². The Balaban J connectivity index is 1.63. The minimum Gasteiger partial charge on any atom is -0.326 e. The lowest BCUT2D eigenvalue weighted by Gasteiger charge is -2.16. The predicted molar refractivity (Wildman–Crippen MR) is 131 cm³/mol. The Kier molecular flexibility index (Phi) is 6.80. The standard InChI is InChI=1S/C24H20FN3O4S2/c1-16-7-5-6-10-20(16)26-22(29)15-21-23(30)28(18-8-3-2-4-9-18)24(33-21)27-34(31,32)19-13-11-17(25)12-14-19/h2-14,21H,15H2,1H3,(H,26,29)/t21-/m0/s1. The van der Waals surface area contributed by atoms with E-state index in [0.29, 0.717) is 11.4 Å². The number of carbonyl (C=O) groups is 2. The SMILES string of the molecule is Cc1ccccc1NC(=O)C[C@@H]1SC(=NS(=O)(=O)c2ccc(F)cc2)N(c2ccccc2)C1=O. The van der Waals surface area contributed by atoms with Crippen LogP contribution in [0.3, 0.4) is 0 Å². The van der Waals surface area contributed by atoms with Crippen molar-refractivity contribution >= 4 is 50.1 Å². The van der Waals surface area contributed by atoms with Gasteiger partial charge < -0.3 is 5.32 Å². The molecule has 7 nitrogen and oxygen atoms in total. The van der Waals surface area contributed by atoms with Gasteiger partial charge in [0.15, 0.2) is 5.17 Å². The Morgan fingerprint density at radius 1 is 1.03 bits per heavy atom. The number of sulfonamides is 1. The fourth-order valence-electron chi connectivity index (χ4n) is 3.32. The molecule has 0 bridgehead atoms. The normalized spacial score (nSPS) is 17.2. The first-order valence-electron chi connectivity index (χ1n) is 10.3. The van der Waals surface area contributed by atoms with Crippen molar-refractivity contribution in [1.29, 1.82) is 0 Å². The number of aryl methyl sites for hydroxylation is 1. The quantitative estimate of drug-likeness (QED) is 0.546. The summed E-state index contributed by atoms with van der Waals surface area (Å²) in [6.45, 7) is 1.85. The third kappa shape index (κ3) is 5.18. The molecule has 2 amide bonds. The van der Waals surface area contributed by atoms with E-state index in [0.717, 1.165) is 41.6 Å². The predicted octanol–water partition coefficient (Wildman–Crippen LogP) is 4.36. The van der Waals surface area contributed by atoms with Crippen molar-refractivity contribution in [1.82, 2.24) is 0 Å². The highest BCUT2D eigenvalue weighted by atomic mass is 32.2. The molecule has 0 aromatic heterocycles. The molecule has 0 saturated carbocycles. The topological polar surface area (TPSA) is 95.9 Å². The maximum atomic E-state index is 13.2. The maximum Gasteiger partial charge on any atom is 0.284 e. The van der Waals surface area contributed by atoms with Gasteiger partial charge in [-0.05, 0) is 55.0 Å². The molecule has 1 aliphatic rings. The monoisotopic (exact) mass is 497 g/mol. The van der Waals surface area contributed by atoms with Crippen LogP contribution in [0.1, 0.15) is 12.0 Å². The van der Waals surface area contributed by atoms with Crippen LogP contribution in [-0.2, 0) is 19.6 Å². The van der Waals surface area contributed by atoms with E-state index in [1.165, 1.54) is 4.90 Å². The second-order valence-corrected chi connectivity index (χ2v) is 10.3. The summed E-state index contributed by atoms with van der Waals surface area (Å²) < 4.78 is 42.8. The van der Waals surface area contributed by atoms with E-state index in [9.17, 15) is 22.4 Å². The second-order valence-electron chi connectivity index (χ2n) is 7.49. The minimum atomic E-state index is -4.22. The fourth-order valence-corrected chi connectivity index (χ4v) is 5.65. The van der Waals surface area contributed by atoms with E-state index in [1.54, 1.807) is 42.5 Å². The van der Waals surface area contributed by atoms with Gasteiger partial charge in [0.1, 0.15) is 11.1 Å². The number of hydrogen-bond acceptors (Lipinski definition) is 5. The molecular weight excluding hydrogens is 477 g/mol. The Morgan fingerprint density at radius 3 is 2.35 bits per heavy atom. The van der Waals surface area contributed by atoms with Gasteiger partial charge in [-0.3, -0.25) is 14.5 Å². The van der Waals surface area contributed by atoms with Crippen molar-refractivity contribution < 1.29 is 22.4 Å². The molecule has 1 N–H and O–H groups in total. The number of amides is 2. The third-order valence-corrected chi connectivity index (χ3v) is 7.58. The summed E-state index contributed by atoms with van der Waals surface area (Å²) in [5.41, 5.74) is 1.94. The largest absolute Gasteiger partial charge is 0.326 e. The number of rotatable bonds is 6. The first-order chi connectivity index (χ1) is 16.2. The highest BCUT2D eigenvalue weighted by Gasteiger charge is 2.41. The molecule has 34 heavy (non-hydrogen) atoms. The number of nitrogens with zero attached hydrogens (tertiary/aromatic N) is 2. The fraction of sp³-hybridized carbons (Fsp3) is 0.125. The van der Waals surface area contributed by atoms with Crippen LogP contribution >= 0.6 is 11.8 Å². The molecule has 1 atom stereocenters. The van der Waals surface area contributed by atoms with Crippen molar-refractivity contribution in [2.24, 2.45) is 4.40 Å². The molecule has 0 spiro atoms. The zero-order chi connectivity index (χ0) is 24.3. The van der Waals surface area contributed by atoms with Gasteiger partial charge in [0, 0.05) is 12.1 Å². The Bertz CT molecular complexity index is 1360. The van der Waals surface area contributed by atoms with Crippen LogP contribution in [0, 0.1) is 12.7 Å². The molecule has 0 unspecified atom stereocenters. The number of para-hydroxylation sites is 2. The van der Waals surface area contributed by atoms with Crippen molar-refractivity contribution in [3.05, 3.63) is 90.2 Å². The molecule has 0 aliphatic carbocycles. The highest BCUT2D eigenvalue weighted by molar-refractivity contribution is 8.16. The zero-order valence-electron chi connectivity index (χ0n) is 18.0. The van der Waals surface area contributed by atoms with Gasteiger partial charge in [0.2, 0.25) is 11.8 Å². The molecule has 1 saturated heterocycles. The van der Waals surface area contributed by atoms with Crippen LogP contribution in [0.15, 0.2) is 88.2 Å². The molecule has 1 heterocycles. The van der Waals surface area contributed by atoms with Gasteiger partial charge in [-0.1, -0.05) is 48.2 Å². The van der Waals surface area contributed by atoms with E-state index in [4.69, 9.17) is 0 Å². The van der Waals surface area contributed by atoms with Crippen LogP contribution in [0.2, 0.25) is 0 Å². The zero-order valence-corrected chi connectivity index (χ0v) is 19.6. The van der Waals surface area contributed by atoms with Gasteiger partial charge in [0.25, 0.3) is 10.0 Å². The highest BCUT2D eigenvalue weighted by Crippen LogP contribution is 2.35. The Hall–Kier alpha value is -3.50. The summed E-state index contributed by atoms with van der Waals surface area (Å²) in [7, 11) is -4.22. The molecule has 1 fully saturated rings. The Morgan fingerprint density at radius 2 is 1.68 bits per heavy atom. The van der Waals surface area contributed by atoms with Crippen LogP contribution in [-0.4, -0.2) is 30.6 Å². The number of carbonyl (C=O) groups excluding carboxylic acids is 2. The van der Waals surface area contributed by atoms with E-state index < -0.39 is 27.0 Å². The van der Waals surface area contributed by atoms with Gasteiger partial charge in [-0.25, -0.2) is 4.39 Å². The molecule has 10 heteroatoms. The lowest BCUT2D eigenvalue weighted by atomic mass is 10.2. The van der Waals surface area contributed by atoms with Crippen molar-refractivity contribution in [2.45, 2.75) is 23.5 Å². The first-order valence-corrected chi connectivity index (χ1v) is 12.6. The lowest BCUT2D eigenvalue weighted by molar-refractivity contribution is -0.121.